The molecule has 1 unspecified atom stereocenters. The third-order valence-corrected chi connectivity index (χ3v) is 3.02. The first-order valence-electron chi connectivity index (χ1n) is 6.79. The summed E-state index contributed by atoms with van der Waals surface area (Å²) in [6.07, 6.45) is 0.976. The molecule has 0 spiro atoms. The van der Waals surface area contributed by atoms with Gasteiger partial charge >= 0.3 is 0 Å². The second-order valence-electron chi connectivity index (χ2n) is 4.92. The van der Waals surface area contributed by atoms with Gasteiger partial charge in [0.15, 0.2) is 0 Å². The van der Waals surface area contributed by atoms with Crippen molar-refractivity contribution < 1.29 is 0 Å². The molecule has 0 aliphatic carbocycles. The van der Waals surface area contributed by atoms with Gasteiger partial charge in [-0.15, -0.1) is 10.2 Å². The summed E-state index contributed by atoms with van der Waals surface area (Å²) in [5, 5.41) is 16.2. The highest BCUT2D eigenvalue weighted by atomic mass is 15.6. The molecule has 0 saturated heterocycles. The lowest BCUT2D eigenvalue weighted by Gasteiger charge is -2.15. The molecule has 2 rings (SSSR count). The molecule has 5 nitrogen and oxygen atoms in total. The minimum Gasteiger partial charge on any atom is -0.312 e. The molecule has 0 aliphatic rings. The molecule has 0 fully saturated rings. The van der Waals surface area contributed by atoms with Crippen molar-refractivity contribution in [1.29, 1.82) is 0 Å². The van der Waals surface area contributed by atoms with E-state index in [1.165, 1.54) is 0 Å². The predicted octanol–water partition coefficient (Wildman–Crippen LogP) is 2.29. The van der Waals surface area contributed by atoms with Gasteiger partial charge in [-0.25, -0.2) is 0 Å². The van der Waals surface area contributed by atoms with Crippen LogP contribution in [0.5, 0.6) is 0 Å². The largest absolute Gasteiger partial charge is 0.312 e. The molecule has 1 aromatic carbocycles. The molecular formula is C14H21N5. The summed E-state index contributed by atoms with van der Waals surface area (Å²) in [4.78, 5) is 1.72. The molecule has 102 valence electrons. The van der Waals surface area contributed by atoms with E-state index in [2.05, 4.69) is 41.5 Å². The van der Waals surface area contributed by atoms with E-state index in [0.29, 0.717) is 11.9 Å². The Morgan fingerprint density at radius 3 is 2.58 bits per heavy atom. The van der Waals surface area contributed by atoms with E-state index in [-0.39, 0.29) is 6.04 Å². The standard InChI is InChI=1S/C14H21N5/c1-4-13(10-15-11(2)3)19-17-14(16-18-19)12-8-6-5-7-9-12/h5-9,11,13,15H,4,10H2,1-3H3. The average molecular weight is 259 g/mol. The van der Waals surface area contributed by atoms with E-state index in [9.17, 15) is 0 Å². The molecule has 0 saturated carbocycles. The molecule has 0 bridgehead atoms. The molecule has 0 radical (unpaired) electrons. The van der Waals surface area contributed by atoms with E-state index >= 15 is 0 Å². The normalized spacial score (nSPS) is 12.8. The minimum absolute atomic E-state index is 0.243. The van der Waals surface area contributed by atoms with Crippen LogP contribution in [0, 0.1) is 0 Å². The van der Waals surface area contributed by atoms with Crippen LogP contribution < -0.4 is 5.32 Å². The van der Waals surface area contributed by atoms with Crippen molar-refractivity contribution in [2.75, 3.05) is 6.54 Å². The Morgan fingerprint density at radius 1 is 1.21 bits per heavy atom. The van der Waals surface area contributed by atoms with E-state index in [1.54, 1.807) is 4.80 Å². The van der Waals surface area contributed by atoms with Crippen molar-refractivity contribution >= 4 is 0 Å². The van der Waals surface area contributed by atoms with Gasteiger partial charge in [0.05, 0.1) is 6.04 Å². The smallest absolute Gasteiger partial charge is 0.204 e. The van der Waals surface area contributed by atoms with Crippen LogP contribution in [0.1, 0.15) is 33.2 Å². The van der Waals surface area contributed by atoms with Gasteiger partial charge in [-0.1, -0.05) is 51.1 Å². The zero-order chi connectivity index (χ0) is 13.7. The molecule has 1 atom stereocenters. The lowest BCUT2D eigenvalue weighted by atomic mass is 10.2. The third kappa shape index (κ3) is 3.61. The first kappa shape index (κ1) is 13.7. The van der Waals surface area contributed by atoms with Crippen molar-refractivity contribution in [1.82, 2.24) is 25.5 Å². The molecule has 0 amide bonds. The van der Waals surface area contributed by atoms with E-state index < -0.39 is 0 Å². The van der Waals surface area contributed by atoms with Crippen LogP contribution in [-0.2, 0) is 0 Å². The fourth-order valence-corrected chi connectivity index (χ4v) is 1.84. The monoisotopic (exact) mass is 259 g/mol. The molecule has 2 aromatic rings. The molecular weight excluding hydrogens is 238 g/mol. The number of nitrogens with one attached hydrogen (secondary N) is 1. The summed E-state index contributed by atoms with van der Waals surface area (Å²) in [6.45, 7) is 7.27. The maximum Gasteiger partial charge on any atom is 0.204 e. The van der Waals surface area contributed by atoms with Gasteiger partial charge in [0.1, 0.15) is 0 Å². The van der Waals surface area contributed by atoms with E-state index in [4.69, 9.17) is 0 Å². The summed E-state index contributed by atoms with van der Waals surface area (Å²) in [6, 6.07) is 10.6. The van der Waals surface area contributed by atoms with Crippen molar-refractivity contribution in [3.63, 3.8) is 0 Å². The number of rotatable bonds is 6. The van der Waals surface area contributed by atoms with Crippen LogP contribution in [0.15, 0.2) is 30.3 Å². The van der Waals surface area contributed by atoms with Gasteiger partial charge in [0, 0.05) is 18.2 Å². The molecule has 5 heteroatoms. The van der Waals surface area contributed by atoms with Crippen molar-refractivity contribution in [2.45, 2.75) is 39.3 Å². The number of aromatic nitrogens is 4. The summed E-state index contributed by atoms with van der Waals surface area (Å²) in [5.74, 6) is 0.684. The first-order chi connectivity index (χ1) is 9.20. The topological polar surface area (TPSA) is 55.6 Å². The second-order valence-corrected chi connectivity index (χ2v) is 4.92. The maximum absolute atomic E-state index is 4.48. The number of hydrogen-bond donors (Lipinski definition) is 1. The lowest BCUT2D eigenvalue weighted by molar-refractivity contribution is 0.355. The Morgan fingerprint density at radius 2 is 1.95 bits per heavy atom. The summed E-state index contributed by atoms with van der Waals surface area (Å²) in [5.41, 5.74) is 1.00. The Labute approximate surface area is 114 Å². The van der Waals surface area contributed by atoms with Crippen LogP contribution in [0.25, 0.3) is 11.4 Å². The molecule has 1 heterocycles. The summed E-state index contributed by atoms with van der Waals surface area (Å²) < 4.78 is 0. The molecule has 0 aliphatic heterocycles. The van der Waals surface area contributed by atoms with Gasteiger partial charge in [0.25, 0.3) is 0 Å². The van der Waals surface area contributed by atoms with Crippen molar-refractivity contribution in [3.05, 3.63) is 30.3 Å². The Hall–Kier alpha value is -1.75. The molecule has 1 N–H and O–H groups in total. The fourth-order valence-electron chi connectivity index (χ4n) is 1.84. The second kappa shape index (κ2) is 6.43. The zero-order valence-electron chi connectivity index (χ0n) is 11.7. The lowest BCUT2D eigenvalue weighted by Crippen LogP contribution is -2.31. The van der Waals surface area contributed by atoms with Gasteiger partial charge in [0.2, 0.25) is 5.82 Å². The Kier molecular flexibility index (Phi) is 4.63. The van der Waals surface area contributed by atoms with Crippen molar-refractivity contribution in [3.8, 4) is 11.4 Å². The van der Waals surface area contributed by atoms with Crippen LogP contribution in [0.2, 0.25) is 0 Å². The predicted molar refractivity (Wildman–Crippen MR) is 75.7 cm³/mol. The van der Waals surface area contributed by atoms with Crippen LogP contribution in [0.3, 0.4) is 0 Å². The Bertz CT molecular complexity index is 492. The van der Waals surface area contributed by atoms with Gasteiger partial charge in [-0.3, -0.25) is 0 Å². The SMILES string of the molecule is CCC(CNC(C)C)n1nnc(-c2ccccc2)n1. The maximum atomic E-state index is 4.48. The molecule has 1 aromatic heterocycles. The highest BCUT2D eigenvalue weighted by molar-refractivity contribution is 5.52. The first-order valence-corrected chi connectivity index (χ1v) is 6.79. The quantitative estimate of drug-likeness (QED) is 0.864. The number of nitrogens with zero attached hydrogens (tertiary/aromatic N) is 4. The fraction of sp³-hybridized carbons (Fsp3) is 0.500. The highest BCUT2D eigenvalue weighted by Gasteiger charge is 2.13. The van der Waals surface area contributed by atoms with Crippen LogP contribution >= 0.6 is 0 Å². The summed E-state index contributed by atoms with van der Waals surface area (Å²) in [7, 11) is 0. The number of tetrazole rings is 1. The minimum atomic E-state index is 0.243. The average Bonchev–Trinajstić information content (AvgIpc) is 2.90. The third-order valence-electron chi connectivity index (χ3n) is 3.02. The van der Waals surface area contributed by atoms with E-state index in [1.807, 2.05) is 30.3 Å². The van der Waals surface area contributed by atoms with Gasteiger partial charge in [-0.05, 0) is 11.6 Å². The molecule has 19 heavy (non-hydrogen) atoms. The van der Waals surface area contributed by atoms with Crippen LogP contribution in [-0.4, -0.2) is 32.8 Å². The van der Waals surface area contributed by atoms with Crippen molar-refractivity contribution in [2.24, 2.45) is 0 Å². The van der Waals surface area contributed by atoms with E-state index in [0.717, 1.165) is 18.5 Å². The van der Waals surface area contributed by atoms with Gasteiger partial charge in [-0.2, -0.15) is 4.80 Å². The Balaban J connectivity index is 2.11. The zero-order valence-corrected chi connectivity index (χ0v) is 11.7. The highest BCUT2D eigenvalue weighted by Crippen LogP contribution is 2.14. The number of benzene rings is 1. The number of hydrogen-bond acceptors (Lipinski definition) is 4. The van der Waals surface area contributed by atoms with Gasteiger partial charge < -0.3 is 5.32 Å². The van der Waals surface area contributed by atoms with Crippen LogP contribution in [0.4, 0.5) is 0 Å². The summed E-state index contributed by atoms with van der Waals surface area (Å²) >= 11 is 0.